The molecule has 2 aromatic rings. The molecule has 2 atom stereocenters. The van der Waals surface area contributed by atoms with Gasteiger partial charge < -0.3 is 14.8 Å². The van der Waals surface area contributed by atoms with E-state index in [0.717, 1.165) is 29.9 Å². The first kappa shape index (κ1) is 20.2. The van der Waals surface area contributed by atoms with Gasteiger partial charge in [0, 0.05) is 0 Å². The van der Waals surface area contributed by atoms with Gasteiger partial charge in [-0.3, -0.25) is 4.79 Å². The summed E-state index contributed by atoms with van der Waals surface area (Å²) in [5.74, 6) is 1.54. The van der Waals surface area contributed by atoms with Crippen LogP contribution in [0, 0.1) is 6.92 Å². The van der Waals surface area contributed by atoms with Gasteiger partial charge in [0.2, 0.25) is 0 Å². The molecule has 1 aliphatic carbocycles. The van der Waals surface area contributed by atoms with Gasteiger partial charge in [-0.1, -0.05) is 31.2 Å². The fourth-order valence-electron chi connectivity index (χ4n) is 3.58. The monoisotopic (exact) mass is 381 g/mol. The lowest BCUT2D eigenvalue weighted by Crippen LogP contribution is -2.44. The number of amides is 1. The molecule has 150 valence electrons. The minimum Gasteiger partial charge on any atom is -0.491 e. The van der Waals surface area contributed by atoms with Gasteiger partial charge in [-0.05, 0) is 80.8 Å². The molecule has 0 heterocycles. The number of nitrogens with one attached hydrogen (secondary N) is 1. The average molecular weight is 382 g/mol. The average Bonchev–Trinajstić information content (AvgIpc) is 2.71. The minimum absolute atomic E-state index is 0.0962. The number of rotatable bonds is 8. The highest BCUT2D eigenvalue weighted by Crippen LogP contribution is 2.26. The quantitative estimate of drug-likeness (QED) is 0.726. The highest BCUT2D eigenvalue weighted by Gasteiger charge is 2.21. The maximum absolute atomic E-state index is 12.7. The summed E-state index contributed by atoms with van der Waals surface area (Å²) in [6.45, 7) is 6.35. The number of aryl methyl sites for hydroxylation is 3. The largest absolute Gasteiger partial charge is 0.491 e. The van der Waals surface area contributed by atoms with Gasteiger partial charge in [-0.25, -0.2) is 0 Å². The van der Waals surface area contributed by atoms with Crippen LogP contribution in [-0.2, 0) is 17.6 Å². The van der Waals surface area contributed by atoms with Gasteiger partial charge in [-0.15, -0.1) is 0 Å². The molecule has 0 aromatic heterocycles. The summed E-state index contributed by atoms with van der Waals surface area (Å²) in [5, 5.41) is 3.01. The molecule has 4 nitrogen and oxygen atoms in total. The summed E-state index contributed by atoms with van der Waals surface area (Å²) in [6, 6.07) is 14.0. The molecule has 0 saturated heterocycles. The van der Waals surface area contributed by atoms with Gasteiger partial charge in [0.25, 0.3) is 5.91 Å². The number of fused-ring (bicyclic) bond motifs is 1. The normalized spacial score (nSPS) is 15.2. The van der Waals surface area contributed by atoms with E-state index in [1.165, 1.54) is 24.0 Å². The molecule has 1 aliphatic rings. The number of hydrogen-bond donors (Lipinski definition) is 1. The molecule has 0 radical (unpaired) electrons. The van der Waals surface area contributed by atoms with E-state index in [-0.39, 0.29) is 11.9 Å². The van der Waals surface area contributed by atoms with Crippen molar-refractivity contribution in [1.29, 1.82) is 0 Å². The van der Waals surface area contributed by atoms with E-state index in [9.17, 15) is 4.79 Å². The Bertz CT molecular complexity index is 802. The molecule has 0 bridgehead atoms. The molecule has 3 rings (SSSR count). The lowest BCUT2D eigenvalue weighted by molar-refractivity contribution is -0.128. The van der Waals surface area contributed by atoms with Crippen LogP contribution in [0.5, 0.6) is 11.5 Å². The third kappa shape index (κ3) is 5.28. The predicted octanol–water partition coefficient (Wildman–Crippen LogP) is 4.61. The first-order valence-electron chi connectivity index (χ1n) is 10.3. The van der Waals surface area contributed by atoms with Crippen LogP contribution in [0.1, 0.15) is 49.8 Å². The molecule has 28 heavy (non-hydrogen) atoms. The van der Waals surface area contributed by atoms with Crippen molar-refractivity contribution in [3.8, 4) is 11.5 Å². The zero-order valence-electron chi connectivity index (χ0n) is 17.2. The molecule has 1 N–H and O–H groups in total. The Kier molecular flexibility index (Phi) is 6.96. The van der Waals surface area contributed by atoms with Crippen LogP contribution in [-0.4, -0.2) is 24.7 Å². The highest BCUT2D eigenvalue weighted by atomic mass is 16.5. The maximum Gasteiger partial charge on any atom is 0.261 e. The second-order valence-corrected chi connectivity index (χ2v) is 7.64. The number of para-hydroxylation sites is 1. The van der Waals surface area contributed by atoms with E-state index in [2.05, 4.69) is 17.4 Å². The molecule has 2 aromatic carbocycles. The van der Waals surface area contributed by atoms with E-state index in [0.29, 0.717) is 13.0 Å². The molecule has 0 saturated carbocycles. The third-order valence-electron chi connectivity index (χ3n) is 5.23. The number of benzene rings is 2. The van der Waals surface area contributed by atoms with Gasteiger partial charge in [0.15, 0.2) is 6.10 Å². The second-order valence-electron chi connectivity index (χ2n) is 7.64. The van der Waals surface area contributed by atoms with Crippen molar-refractivity contribution in [3.05, 3.63) is 59.2 Å². The standard InChI is InChI=1S/C24H31NO3/c1-4-22(28-21-14-13-19-10-6-7-11-20(19)15-21)24(26)25-18(3)16-27-23-12-8-5-9-17(23)2/h5,8-9,12-15,18,22H,4,6-7,10-11,16H2,1-3H3,(H,25,26). The van der Waals surface area contributed by atoms with Crippen LogP contribution in [0.25, 0.3) is 0 Å². The molecule has 1 amide bonds. The Labute approximate surface area is 168 Å². The van der Waals surface area contributed by atoms with Crippen LogP contribution in [0.15, 0.2) is 42.5 Å². The summed E-state index contributed by atoms with van der Waals surface area (Å²) in [4.78, 5) is 12.7. The predicted molar refractivity (Wildman–Crippen MR) is 112 cm³/mol. The Morgan fingerprint density at radius 1 is 1.11 bits per heavy atom. The Balaban J connectivity index is 1.53. The molecule has 0 aliphatic heterocycles. The van der Waals surface area contributed by atoms with Gasteiger partial charge in [-0.2, -0.15) is 0 Å². The van der Waals surface area contributed by atoms with E-state index in [1.54, 1.807) is 0 Å². The highest BCUT2D eigenvalue weighted by molar-refractivity contribution is 5.81. The topological polar surface area (TPSA) is 47.6 Å². The Hall–Kier alpha value is -2.49. The van der Waals surface area contributed by atoms with Crippen molar-refractivity contribution in [3.63, 3.8) is 0 Å². The first-order valence-corrected chi connectivity index (χ1v) is 10.3. The van der Waals surface area contributed by atoms with Crippen molar-refractivity contribution in [2.75, 3.05) is 6.61 Å². The van der Waals surface area contributed by atoms with Crippen molar-refractivity contribution >= 4 is 5.91 Å². The number of ether oxygens (including phenoxy) is 2. The van der Waals surface area contributed by atoms with Crippen LogP contribution < -0.4 is 14.8 Å². The van der Waals surface area contributed by atoms with Gasteiger partial charge in [0.05, 0.1) is 6.04 Å². The van der Waals surface area contributed by atoms with Crippen LogP contribution in [0.2, 0.25) is 0 Å². The molecule has 2 unspecified atom stereocenters. The minimum atomic E-state index is -0.498. The van der Waals surface area contributed by atoms with Gasteiger partial charge >= 0.3 is 0 Å². The summed E-state index contributed by atoms with van der Waals surface area (Å²) >= 11 is 0. The summed E-state index contributed by atoms with van der Waals surface area (Å²) < 4.78 is 11.9. The summed E-state index contributed by atoms with van der Waals surface area (Å²) in [5.41, 5.74) is 3.86. The van der Waals surface area contributed by atoms with E-state index in [4.69, 9.17) is 9.47 Å². The second kappa shape index (κ2) is 9.63. The van der Waals surface area contributed by atoms with E-state index >= 15 is 0 Å². The van der Waals surface area contributed by atoms with E-state index < -0.39 is 6.10 Å². The summed E-state index contributed by atoms with van der Waals surface area (Å²) in [6.07, 6.45) is 4.85. The molecule has 0 fully saturated rings. The van der Waals surface area contributed by atoms with Crippen molar-refractivity contribution in [2.45, 2.75) is 65.0 Å². The number of carbonyl (C=O) groups is 1. The Morgan fingerprint density at radius 3 is 2.61 bits per heavy atom. The lowest BCUT2D eigenvalue weighted by atomic mass is 9.92. The zero-order chi connectivity index (χ0) is 19.9. The van der Waals surface area contributed by atoms with Crippen LogP contribution in [0.4, 0.5) is 0 Å². The summed E-state index contributed by atoms with van der Waals surface area (Å²) in [7, 11) is 0. The van der Waals surface area contributed by atoms with Crippen molar-refractivity contribution in [1.82, 2.24) is 5.32 Å². The molecular formula is C24H31NO3. The number of carbonyl (C=O) groups excluding carboxylic acids is 1. The smallest absolute Gasteiger partial charge is 0.261 e. The first-order chi connectivity index (χ1) is 13.6. The fourth-order valence-corrected chi connectivity index (χ4v) is 3.58. The lowest BCUT2D eigenvalue weighted by Gasteiger charge is -2.22. The molecule has 4 heteroatoms. The van der Waals surface area contributed by atoms with E-state index in [1.807, 2.05) is 51.1 Å². The Morgan fingerprint density at radius 2 is 1.86 bits per heavy atom. The fraction of sp³-hybridized carbons (Fsp3) is 0.458. The number of hydrogen-bond acceptors (Lipinski definition) is 3. The zero-order valence-corrected chi connectivity index (χ0v) is 17.2. The third-order valence-corrected chi connectivity index (χ3v) is 5.23. The van der Waals surface area contributed by atoms with Crippen LogP contribution >= 0.6 is 0 Å². The van der Waals surface area contributed by atoms with Gasteiger partial charge in [0.1, 0.15) is 18.1 Å². The maximum atomic E-state index is 12.7. The SMILES string of the molecule is CCC(Oc1ccc2c(c1)CCCC2)C(=O)NC(C)COc1ccccc1C. The van der Waals surface area contributed by atoms with Crippen molar-refractivity contribution < 1.29 is 14.3 Å². The molecule has 0 spiro atoms. The van der Waals surface area contributed by atoms with Crippen molar-refractivity contribution in [2.24, 2.45) is 0 Å². The molecular weight excluding hydrogens is 350 g/mol. The van der Waals surface area contributed by atoms with Crippen LogP contribution in [0.3, 0.4) is 0 Å².